The molecule has 0 radical (unpaired) electrons. The van der Waals surface area contributed by atoms with E-state index >= 15 is 0 Å². The van der Waals surface area contributed by atoms with E-state index in [4.69, 9.17) is 14.5 Å². The van der Waals surface area contributed by atoms with Gasteiger partial charge < -0.3 is 30.1 Å². The standard InChI is InChI=1S/C26H34N4O3/c1-30(2)22-15-25(29-21-8-6-5-7-20(21)22)28-19-11-9-18(10-12-19)27-16-17-13-23(32-3)26(31)24(14-17)33-4/h5-8,13-15,18-19,27,31H,9-12,16H2,1-4H3,(H,28,29)/t18-,19+. The minimum atomic E-state index is 0.0371. The lowest BCUT2D eigenvalue weighted by atomic mass is 9.91. The maximum absolute atomic E-state index is 10.1. The predicted molar refractivity (Wildman–Crippen MR) is 134 cm³/mol. The van der Waals surface area contributed by atoms with Crippen molar-refractivity contribution >= 4 is 22.4 Å². The monoisotopic (exact) mass is 450 g/mol. The Balaban J connectivity index is 1.34. The number of methoxy groups -OCH3 is 2. The number of nitrogens with zero attached hydrogens (tertiary/aromatic N) is 2. The van der Waals surface area contributed by atoms with Crippen LogP contribution >= 0.6 is 0 Å². The van der Waals surface area contributed by atoms with Crippen LogP contribution in [0.1, 0.15) is 31.2 Å². The smallest absolute Gasteiger partial charge is 0.200 e. The summed E-state index contributed by atoms with van der Waals surface area (Å²) in [7, 11) is 7.24. The zero-order valence-corrected chi connectivity index (χ0v) is 19.9. The first-order valence-corrected chi connectivity index (χ1v) is 11.5. The lowest BCUT2D eigenvalue weighted by molar-refractivity contribution is 0.336. The van der Waals surface area contributed by atoms with Gasteiger partial charge in [-0.1, -0.05) is 18.2 Å². The summed E-state index contributed by atoms with van der Waals surface area (Å²) in [6.45, 7) is 0.703. The van der Waals surface area contributed by atoms with Crippen molar-refractivity contribution < 1.29 is 14.6 Å². The van der Waals surface area contributed by atoms with Gasteiger partial charge >= 0.3 is 0 Å². The Kier molecular flexibility index (Phi) is 7.08. The summed E-state index contributed by atoms with van der Waals surface area (Å²) in [4.78, 5) is 6.99. The number of nitrogens with one attached hydrogen (secondary N) is 2. The first-order valence-electron chi connectivity index (χ1n) is 11.5. The van der Waals surface area contributed by atoms with Crippen LogP contribution < -0.4 is 25.0 Å². The summed E-state index contributed by atoms with van der Waals surface area (Å²) >= 11 is 0. The van der Waals surface area contributed by atoms with E-state index in [1.165, 1.54) is 11.1 Å². The largest absolute Gasteiger partial charge is 0.502 e. The quantitative estimate of drug-likeness (QED) is 0.465. The van der Waals surface area contributed by atoms with Gasteiger partial charge in [-0.05, 0) is 49.4 Å². The Morgan fingerprint density at radius 3 is 2.24 bits per heavy atom. The average Bonchev–Trinajstić information content (AvgIpc) is 2.83. The number of pyridine rings is 1. The highest BCUT2D eigenvalue weighted by atomic mass is 16.5. The molecule has 7 nitrogen and oxygen atoms in total. The number of aromatic nitrogens is 1. The second kappa shape index (κ2) is 10.2. The molecule has 1 aromatic heterocycles. The highest BCUT2D eigenvalue weighted by Gasteiger charge is 2.22. The first kappa shape index (κ1) is 23.0. The topological polar surface area (TPSA) is 78.9 Å². The number of anilines is 2. The number of fused-ring (bicyclic) bond motifs is 1. The third kappa shape index (κ3) is 5.25. The van der Waals surface area contributed by atoms with E-state index < -0.39 is 0 Å². The Morgan fingerprint density at radius 1 is 0.970 bits per heavy atom. The van der Waals surface area contributed by atoms with Gasteiger partial charge in [-0.25, -0.2) is 4.98 Å². The van der Waals surface area contributed by atoms with Gasteiger partial charge in [0, 0.05) is 49.9 Å². The lowest BCUT2D eigenvalue weighted by Gasteiger charge is -2.30. The maximum Gasteiger partial charge on any atom is 0.200 e. The van der Waals surface area contributed by atoms with Crippen LogP contribution in [0, 0.1) is 0 Å². The molecule has 0 atom stereocenters. The van der Waals surface area contributed by atoms with Crippen molar-refractivity contribution in [2.24, 2.45) is 0 Å². The van der Waals surface area contributed by atoms with E-state index in [0.717, 1.165) is 42.6 Å². The summed E-state index contributed by atoms with van der Waals surface area (Å²) in [5, 5.41) is 18.6. The number of ether oxygens (including phenoxy) is 2. The van der Waals surface area contributed by atoms with Crippen molar-refractivity contribution in [3.63, 3.8) is 0 Å². The third-order valence-electron chi connectivity index (χ3n) is 6.39. The van der Waals surface area contributed by atoms with Crippen LogP contribution in [0.2, 0.25) is 0 Å². The van der Waals surface area contributed by atoms with Crippen molar-refractivity contribution in [3.8, 4) is 17.2 Å². The molecule has 1 heterocycles. The summed E-state index contributed by atoms with van der Waals surface area (Å²) in [5.41, 5.74) is 3.22. The van der Waals surface area contributed by atoms with Crippen molar-refractivity contribution in [2.45, 2.75) is 44.3 Å². The van der Waals surface area contributed by atoms with Crippen molar-refractivity contribution in [2.75, 3.05) is 38.5 Å². The number of aromatic hydroxyl groups is 1. The minimum absolute atomic E-state index is 0.0371. The number of hydrogen-bond acceptors (Lipinski definition) is 7. The fourth-order valence-corrected chi connectivity index (χ4v) is 4.56. The number of hydrogen-bond donors (Lipinski definition) is 3. The fourth-order valence-electron chi connectivity index (χ4n) is 4.56. The van der Waals surface area contributed by atoms with Crippen LogP contribution in [0.4, 0.5) is 11.5 Å². The van der Waals surface area contributed by atoms with Gasteiger partial charge in [0.05, 0.1) is 19.7 Å². The maximum atomic E-state index is 10.1. The minimum Gasteiger partial charge on any atom is -0.502 e. The summed E-state index contributed by atoms with van der Waals surface area (Å²) in [6, 6.07) is 15.0. The number of rotatable bonds is 8. The fraction of sp³-hybridized carbons (Fsp3) is 0.423. The molecule has 3 aromatic rings. The molecule has 0 bridgehead atoms. The van der Waals surface area contributed by atoms with Crippen LogP contribution in [0.25, 0.3) is 10.9 Å². The van der Waals surface area contributed by atoms with Crippen LogP contribution in [-0.2, 0) is 6.54 Å². The zero-order chi connectivity index (χ0) is 23.4. The van der Waals surface area contributed by atoms with Crippen molar-refractivity contribution in [1.29, 1.82) is 0 Å². The number of para-hydroxylation sites is 1. The molecular formula is C26H34N4O3. The van der Waals surface area contributed by atoms with Crippen LogP contribution in [0.15, 0.2) is 42.5 Å². The predicted octanol–water partition coefficient (Wildman–Crippen LogP) is 4.54. The van der Waals surface area contributed by atoms with E-state index in [9.17, 15) is 5.11 Å². The second-order valence-electron chi connectivity index (χ2n) is 8.86. The Morgan fingerprint density at radius 2 is 1.61 bits per heavy atom. The van der Waals surface area contributed by atoms with Gasteiger partial charge in [-0.15, -0.1) is 0 Å². The highest BCUT2D eigenvalue weighted by Crippen LogP contribution is 2.37. The molecule has 0 unspecified atom stereocenters. The van der Waals surface area contributed by atoms with E-state index in [1.54, 1.807) is 14.2 Å². The molecule has 4 rings (SSSR count). The molecular weight excluding hydrogens is 416 g/mol. The summed E-state index contributed by atoms with van der Waals surface area (Å²) in [6.07, 6.45) is 4.37. The van der Waals surface area contributed by atoms with Gasteiger partial charge in [-0.2, -0.15) is 0 Å². The molecule has 1 aliphatic carbocycles. The summed E-state index contributed by atoms with van der Waals surface area (Å²) in [5.74, 6) is 1.84. The number of phenolic OH excluding ortho intramolecular Hbond substituents is 1. The molecule has 1 fully saturated rings. The van der Waals surface area contributed by atoms with E-state index in [-0.39, 0.29) is 5.75 Å². The van der Waals surface area contributed by atoms with Crippen molar-refractivity contribution in [3.05, 3.63) is 48.0 Å². The molecule has 1 saturated carbocycles. The van der Waals surface area contributed by atoms with Crippen LogP contribution in [0.5, 0.6) is 17.2 Å². The van der Waals surface area contributed by atoms with Gasteiger partial charge in [-0.3, -0.25) is 0 Å². The Labute approximate surface area is 195 Å². The molecule has 33 heavy (non-hydrogen) atoms. The number of benzene rings is 2. The van der Waals surface area contributed by atoms with E-state index in [1.807, 2.05) is 18.2 Å². The van der Waals surface area contributed by atoms with Crippen LogP contribution in [-0.4, -0.2) is 50.5 Å². The van der Waals surface area contributed by atoms with E-state index in [0.29, 0.717) is 30.1 Å². The zero-order valence-electron chi connectivity index (χ0n) is 19.9. The molecule has 3 N–H and O–H groups in total. The first-order chi connectivity index (χ1) is 16.0. The SMILES string of the molecule is COc1cc(CN[C@H]2CC[C@@H](Nc3cc(N(C)C)c4ccccc4n3)CC2)cc(OC)c1O. The van der Waals surface area contributed by atoms with Crippen LogP contribution in [0.3, 0.4) is 0 Å². The third-order valence-corrected chi connectivity index (χ3v) is 6.39. The molecule has 1 aliphatic rings. The molecule has 0 amide bonds. The van der Waals surface area contributed by atoms with Gasteiger partial charge in [0.1, 0.15) is 5.82 Å². The molecule has 0 spiro atoms. The Bertz CT molecular complexity index is 1070. The molecule has 0 saturated heterocycles. The van der Waals surface area contributed by atoms with Crippen molar-refractivity contribution in [1.82, 2.24) is 10.3 Å². The highest BCUT2D eigenvalue weighted by molar-refractivity contribution is 5.93. The molecule has 0 aliphatic heterocycles. The average molecular weight is 451 g/mol. The second-order valence-corrected chi connectivity index (χ2v) is 8.86. The van der Waals surface area contributed by atoms with Gasteiger partial charge in [0.15, 0.2) is 11.5 Å². The van der Waals surface area contributed by atoms with E-state index in [2.05, 4.69) is 53.9 Å². The van der Waals surface area contributed by atoms with Gasteiger partial charge in [0.25, 0.3) is 0 Å². The number of phenols is 1. The molecule has 176 valence electrons. The normalized spacial score (nSPS) is 18.2. The molecule has 2 aromatic carbocycles. The lowest BCUT2D eigenvalue weighted by Crippen LogP contribution is -2.36. The summed E-state index contributed by atoms with van der Waals surface area (Å²) < 4.78 is 10.5. The van der Waals surface area contributed by atoms with Gasteiger partial charge in [0.2, 0.25) is 5.75 Å². The molecule has 7 heteroatoms. The Hall–Kier alpha value is -3.19.